The molecule has 0 unspecified atom stereocenters. The van der Waals surface area contributed by atoms with E-state index in [0.717, 1.165) is 5.56 Å². The Kier molecular flexibility index (Phi) is 4.59. The fraction of sp³-hybridized carbons (Fsp3) is 0.364. The fourth-order valence-corrected chi connectivity index (χ4v) is 1.39. The van der Waals surface area contributed by atoms with Crippen LogP contribution in [0.3, 0.4) is 0 Å². The van der Waals surface area contributed by atoms with E-state index in [9.17, 15) is 14.9 Å². The first-order chi connectivity index (χ1) is 8.00. The zero-order valence-electron chi connectivity index (χ0n) is 9.47. The maximum Gasteiger partial charge on any atom is 0.304 e. The van der Waals surface area contributed by atoms with Crippen LogP contribution < -0.4 is 5.32 Å². The van der Waals surface area contributed by atoms with Gasteiger partial charge < -0.3 is 10.4 Å². The van der Waals surface area contributed by atoms with Crippen molar-refractivity contribution in [3.63, 3.8) is 0 Å². The van der Waals surface area contributed by atoms with Crippen molar-refractivity contribution in [2.75, 3.05) is 6.54 Å². The number of aliphatic carboxylic acids is 1. The number of carbonyl (C=O) groups is 1. The molecule has 0 fully saturated rings. The van der Waals surface area contributed by atoms with Gasteiger partial charge in [0.2, 0.25) is 0 Å². The number of nitrogens with zero attached hydrogens (tertiary/aromatic N) is 1. The summed E-state index contributed by atoms with van der Waals surface area (Å²) in [4.78, 5) is 20.5. The predicted octanol–water partition coefficient (Wildman–Crippen LogP) is 1.47. The lowest BCUT2D eigenvalue weighted by atomic mass is 10.1. The molecule has 0 spiro atoms. The van der Waals surface area contributed by atoms with Crippen molar-refractivity contribution in [2.45, 2.75) is 19.9 Å². The number of nitro groups is 1. The average Bonchev–Trinajstić information content (AvgIpc) is 2.25. The maximum absolute atomic E-state index is 10.7. The third-order valence-corrected chi connectivity index (χ3v) is 2.32. The van der Waals surface area contributed by atoms with Crippen LogP contribution in [0.5, 0.6) is 0 Å². The second kappa shape index (κ2) is 5.95. The highest BCUT2D eigenvalue weighted by Gasteiger charge is 2.10. The summed E-state index contributed by atoms with van der Waals surface area (Å²) in [5.74, 6) is -0.868. The van der Waals surface area contributed by atoms with E-state index < -0.39 is 10.9 Å². The standard InChI is InChI=1S/C11H14N2O4/c1-8-2-3-9(6-10(8)13(16)17)7-12-5-4-11(14)15/h2-3,6,12H,4-5,7H2,1H3,(H,14,15). The van der Waals surface area contributed by atoms with Crippen molar-refractivity contribution in [3.8, 4) is 0 Å². The minimum atomic E-state index is -0.868. The number of aryl methyl sites for hydroxylation is 1. The summed E-state index contributed by atoms with van der Waals surface area (Å²) >= 11 is 0. The van der Waals surface area contributed by atoms with Gasteiger partial charge in [-0.25, -0.2) is 0 Å². The van der Waals surface area contributed by atoms with Gasteiger partial charge in [-0.2, -0.15) is 0 Å². The molecule has 0 bridgehead atoms. The number of nitro benzene ring substituents is 1. The Balaban J connectivity index is 2.57. The molecule has 0 aliphatic rings. The van der Waals surface area contributed by atoms with Crippen LogP contribution >= 0.6 is 0 Å². The van der Waals surface area contributed by atoms with Gasteiger partial charge >= 0.3 is 5.97 Å². The molecule has 92 valence electrons. The molecule has 0 aliphatic carbocycles. The molecule has 1 aromatic rings. The van der Waals surface area contributed by atoms with E-state index in [0.29, 0.717) is 18.7 Å². The zero-order valence-corrected chi connectivity index (χ0v) is 9.47. The van der Waals surface area contributed by atoms with Crippen LogP contribution in [0.15, 0.2) is 18.2 Å². The third kappa shape index (κ3) is 4.20. The van der Waals surface area contributed by atoms with Crippen molar-refractivity contribution in [3.05, 3.63) is 39.4 Å². The van der Waals surface area contributed by atoms with E-state index in [4.69, 9.17) is 5.11 Å². The molecule has 17 heavy (non-hydrogen) atoms. The van der Waals surface area contributed by atoms with Crippen molar-refractivity contribution in [1.82, 2.24) is 5.32 Å². The molecule has 0 aromatic heterocycles. The third-order valence-electron chi connectivity index (χ3n) is 2.32. The number of carboxylic acids is 1. The highest BCUT2D eigenvalue weighted by atomic mass is 16.6. The van der Waals surface area contributed by atoms with Gasteiger partial charge in [0.25, 0.3) is 5.69 Å². The molecule has 0 aliphatic heterocycles. The van der Waals surface area contributed by atoms with Crippen LogP contribution in [-0.2, 0) is 11.3 Å². The number of rotatable bonds is 6. The first-order valence-electron chi connectivity index (χ1n) is 5.17. The first-order valence-corrected chi connectivity index (χ1v) is 5.17. The zero-order chi connectivity index (χ0) is 12.8. The highest BCUT2D eigenvalue weighted by molar-refractivity contribution is 5.66. The van der Waals surface area contributed by atoms with Crippen LogP contribution in [0.4, 0.5) is 5.69 Å². The normalized spacial score (nSPS) is 10.2. The second-order valence-electron chi connectivity index (χ2n) is 3.70. The van der Waals surface area contributed by atoms with E-state index >= 15 is 0 Å². The van der Waals surface area contributed by atoms with Crippen LogP contribution in [0.2, 0.25) is 0 Å². The summed E-state index contributed by atoms with van der Waals surface area (Å²) in [5, 5.41) is 22.1. The average molecular weight is 238 g/mol. The molecule has 0 amide bonds. The number of benzene rings is 1. The van der Waals surface area contributed by atoms with Gasteiger partial charge in [-0.3, -0.25) is 14.9 Å². The molecule has 1 rings (SSSR count). The number of hydrogen-bond acceptors (Lipinski definition) is 4. The molecule has 0 saturated carbocycles. The van der Waals surface area contributed by atoms with Crippen LogP contribution in [0.1, 0.15) is 17.5 Å². The van der Waals surface area contributed by atoms with Crippen molar-refractivity contribution in [1.29, 1.82) is 0 Å². The summed E-state index contributed by atoms with van der Waals surface area (Å²) in [6, 6.07) is 4.98. The molecule has 0 atom stereocenters. The molecule has 0 saturated heterocycles. The van der Waals surface area contributed by atoms with Gasteiger partial charge in [0, 0.05) is 24.7 Å². The molecule has 1 aromatic carbocycles. The van der Waals surface area contributed by atoms with E-state index in [2.05, 4.69) is 5.32 Å². The summed E-state index contributed by atoms with van der Waals surface area (Å²) < 4.78 is 0. The molecule has 0 radical (unpaired) electrons. The summed E-state index contributed by atoms with van der Waals surface area (Å²) in [5.41, 5.74) is 1.47. The van der Waals surface area contributed by atoms with E-state index in [1.54, 1.807) is 19.1 Å². The summed E-state index contributed by atoms with van der Waals surface area (Å²) in [7, 11) is 0. The highest BCUT2D eigenvalue weighted by Crippen LogP contribution is 2.18. The summed E-state index contributed by atoms with van der Waals surface area (Å²) in [6.45, 7) is 2.45. The molecular formula is C11H14N2O4. The lowest BCUT2D eigenvalue weighted by Crippen LogP contribution is -2.17. The van der Waals surface area contributed by atoms with E-state index in [-0.39, 0.29) is 12.1 Å². The van der Waals surface area contributed by atoms with Gasteiger partial charge in [-0.1, -0.05) is 12.1 Å². The lowest BCUT2D eigenvalue weighted by Gasteiger charge is -2.04. The Bertz CT molecular complexity index is 431. The smallest absolute Gasteiger partial charge is 0.304 e. The SMILES string of the molecule is Cc1ccc(CNCCC(=O)O)cc1[N+](=O)[O-]. The Morgan fingerprint density at radius 1 is 1.53 bits per heavy atom. The topological polar surface area (TPSA) is 92.5 Å². The molecule has 6 heteroatoms. The van der Waals surface area contributed by atoms with Gasteiger partial charge in [0.1, 0.15) is 0 Å². The Hall–Kier alpha value is -1.95. The summed E-state index contributed by atoms with van der Waals surface area (Å²) in [6.07, 6.45) is 0.0357. The van der Waals surface area contributed by atoms with E-state index in [1.807, 2.05) is 0 Å². The second-order valence-corrected chi connectivity index (χ2v) is 3.70. The number of nitrogens with one attached hydrogen (secondary N) is 1. The van der Waals surface area contributed by atoms with Gasteiger partial charge in [-0.05, 0) is 12.5 Å². The van der Waals surface area contributed by atoms with Gasteiger partial charge in [-0.15, -0.1) is 0 Å². The molecule has 2 N–H and O–H groups in total. The number of carboxylic acid groups (broad SMARTS) is 1. The minimum absolute atomic E-state index is 0.0357. The Morgan fingerprint density at radius 3 is 2.82 bits per heavy atom. The lowest BCUT2D eigenvalue weighted by molar-refractivity contribution is -0.385. The molecule has 6 nitrogen and oxygen atoms in total. The molecule has 0 heterocycles. The van der Waals surface area contributed by atoms with Crippen molar-refractivity contribution >= 4 is 11.7 Å². The van der Waals surface area contributed by atoms with Crippen molar-refractivity contribution in [2.24, 2.45) is 0 Å². The maximum atomic E-state index is 10.7. The van der Waals surface area contributed by atoms with Gasteiger partial charge in [0.05, 0.1) is 11.3 Å². The molecular weight excluding hydrogens is 224 g/mol. The Morgan fingerprint density at radius 2 is 2.24 bits per heavy atom. The predicted molar refractivity (Wildman–Crippen MR) is 61.8 cm³/mol. The van der Waals surface area contributed by atoms with Crippen LogP contribution in [0.25, 0.3) is 0 Å². The largest absolute Gasteiger partial charge is 0.481 e. The first kappa shape index (κ1) is 13.1. The fourth-order valence-electron chi connectivity index (χ4n) is 1.39. The van der Waals surface area contributed by atoms with Crippen LogP contribution in [-0.4, -0.2) is 22.5 Å². The Labute approximate surface area is 98.4 Å². The van der Waals surface area contributed by atoms with Gasteiger partial charge in [0.15, 0.2) is 0 Å². The quantitative estimate of drug-likeness (QED) is 0.444. The van der Waals surface area contributed by atoms with E-state index in [1.165, 1.54) is 6.07 Å². The van der Waals surface area contributed by atoms with Crippen LogP contribution in [0, 0.1) is 17.0 Å². The minimum Gasteiger partial charge on any atom is -0.481 e. The van der Waals surface area contributed by atoms with Crippen molar-refractivity contribution < 1.29 is 14.8 Å². The monoisotopic (exact) mass is 238 g/mol. The number of hydrogen-bond donors (Lipinski definition) is 2.